The van der Waals surface area contributed by atoms with Gasteiger partial charge in [-0.1, -0.05) is 0 Å². The lowest BCUT2D eigenvalue weighted by Gasteiger charge is -2.06. The van der Waals surface area contributed by atoms with Crippen LogP contribution in [0.25, 0.3) is 0 Å². The van der Waals surface area contributed by atoms with E-state index in [1.165, 1.54) is 18.5 Å². The minimum atomic E-state index is -3.66. The third-order valence-electron chi connectivity index (χ3n) is 1.63. The van der Waals surface area contributed by atoms with Crippen molar-refractivity contribution < 1.29 is 17.9 Å². The molecule has 17 heavy (non-hydrogen) atoms. The minimum absolute atomic E-state index is 0.0194. The molecule has 1 heterocycles. The lowest BCUT2D eigenvalue weighted by Crippen LogP contribution is -2.29. The molecular formula is C8H10BrN3O4S. The van der Waals surface area contributed by atoms with Crippen LogP contribution in [-0.4, -0.2) is 32.6 Å². The molecule has 0 atom stereocenters. The van der Waals surface area contributed by atoms with Crippen LogP contribution < -0.4 is 10.5 Å². The summed E-state index contributed by atoms with van der Waals surface area (Å²) in [5.74, 6) is 0. The molecule has 7 nitrogen and oxygen atoms in total. The zero-order valence-electron chi connectivity index (χ0n) is 8.59. The fraction of sp³-hybridized carbons (Fsp3) is 0.250. The molecule has 0 aliphatic heterocycles. The van der Waals surface area contributed by atoms with Crippen molar-refractivity contribution in [3.63, 3.8) is 0 Å². The van der Waals surface area contributed by atoms with Crippen molar-refractivity contribution in [2.75, 3.05) is 13.2 Å². The number of sulfonamides is 1. The molecule has 0 aliphatic rings. The minimum Gasteiger partial charge on any atom is -0.448 e. The first kappa shape index (κ1) is 13.9. The number of nitrogens with zero attached hydrogens (tertiary/aromatic N) is 1. The third kappa shape index (κ3) is 4.67. The maximum atomic E-state index is 11.7. The second-order valence-electron chi connectivity index (χ2n) is 2.90. The third-order valence-corrected chi connectivity index (χ3v) is 3.49. The molecule has 0 bridgehead atoms. The highest BCUT2D eigenvalue weighted by atomic mass is 79.9. The van der Waals surface area contributed by atoms with E-state index < -0.39 is 16.1 Å². The molecule has 0 saturated carbocycles. The monoisotopic (exact) mass is 323 g/mol. The van der Waals surface area contributed by atoms with Crippen LogP contribution in [0.3, 0.4) is 0 Å². The highest BCUT2D eigenvalue weighted by Crippen LogP contribution is 2.13. The molecule has 0 radical (unpaired) electrons. The fourth-order valence-electron chi connectivity index (χ4n) is 0.950. The first-order valence-electron chi connectivity index (χ1n) is 4.44. The average molecular weight is 324 g/mol. The first-order chi connectivity index (χ1) is 7.92. The smallest absolute Gasteiger partial charge is 0.404 e. The van der Waals surface area contributed by atoms with Gasteiger partial charge in [0.2, 0.25) is 10.0 Å². The molecule has 0 aliphatic carbocycles. The van der Waals surface area contributed by atoms with Crippen molar-refractivity contribution in [3.05, 3.63) is 22.9 Å². The first-order valence-corrected chi connectivity index (χ1v) is 6.72. The van der Waals surface area contributed by atoms with Crippen LogP contribution >= 0.6 is 15.9 Å². The van der Waals surface area contributed by atoms with Crippen LogP contribution in [-0.2, 0) is 14.8 Å². The molecule has 0 saturated heterocycles. The number of nitrogens with one attached hydrogen (secondary N) is 1. The van der Waals surface area contributed by atoms with Gasteiger partial charge in [-0.25, -0.2) is 17.9 Å². The number of aromatic nitrogens is 1. The Hall–Kier alpha value is -1.19. The number of hydrogen-bond acceptors (Lipinski definition) is 5. The maximum absolute atomic E-state index is 11.7. The summed E-state index contributed by atoms with van der Waals surface area (Å²) in [7, 11) is -3.66. The number of hydrogen-bond donors (Lipinski definition) is 2. The van der Waals surface area contributed by atoms with Gasteiger partial charge in [0.15, 0.2) is 0 Å². The summed E-state index contributed by atoms with van der Waals surface area (Å²) in [5.41, 5.74) is 4.72. The Kier molecular flexibility index (Phi) is 4.85. The van der Waals surface area contributed by atoms with E-state index in [0.717, 1.165) is 0 Å². The molecule has 0 unspecified atom stereocenters. The van der Waals surface area contributed by atoms with Gasteiger partial charge in [-0.05, 0) is 22.0 Å². The van der Waals surface area contributed by atoms with Gasteiger partial charge in [0.25, 0.3) is 0 Å². The zero-order chi connectivity index (χ0) is 12.9. The fourth-order valence-corrected chi connectivity index (χ4v) is 2.47. The molecule has 1 rings (SSSR count). The molecule has 0 aromatic carbocycles. The van der Waals surface area contributed by atoms with E-state index in [2.05, 4.69) is 30.4 Å². The highest BCUT2D eigenvalue weighted by Gasteiger charge is 2.14. The predicted molar refractivity (Wildman–Crippen MR) is 62.7 cm³/mol. The van der Waals surface area contributed by atoms with Crippen molar-refractivity contribution >= 4 is 32.0 Å². The molecule has 1 amide bonds. The topological polar surface area (TPSA) is 111 Å². The summed E-state index contributed by atoms with van der Waals surface area (Å²) in [4.78, 5) is 14.0. The van der Waals surface area contributed by atoms with Gasteiger partial charge in [0, 0.05) is 23.4 Å². The van der Waals surface area contributed by atoms with Crippen LogP contribution in [0.1, 0.15) is 0 Å². The number of carbonyl (C=O) groups is 1. The lowest BCUT2D eigenvalue weighted by atomic mass is 10.5. The second-order valence-corrected chi connectivity index (χ2v) is 5.59. The summed E-state index contributed by atoms with van der Waals surface area (Å²) in [5, 5.41) is 0. The lowest BCUT2D eigenvalue weighted by molar-refractivity contribution is 0.159. The number of ether oxygens (including phenoxy) is 1. The van der Waals surface area contributed by atoms with Crippen LogP contribution in [0, 0.1) is 0 Å². The molecule has 1 aromatic rings. The number of halogens is 1. The Balaban J connectivity index is 2.60. The van der Waals surface area contributed by atoms with Crippen molar-refractivity contribution in [1.29, 1.82) is 0 Å². The normalized spacial score (nSPS) is 11.1. The van der Waals surface area contributed by atoms with Crippen LogP contribution in [0.4, 0.5) is 4.79 Å². The Morgan fingerprint density at radius 3 is 2.82 bits per heavy atom. The maximum Gasteiger partial charge on any atom is 0.404 e. The summed E-state index contributed by atoms with van der Waals surface area (Å²) in [6.07, 6.45) is 1.73. The summed E-state index contributed by atoms with van der Waals surface area (Å²) in [6.45, 7) is -0.187. The number of pyridine rings is 1. The van der Waals surface area contributed by atoms with E-state index in [9.17, 15) is 13.2 Å². The standard InChI is InChI=1S/C8H10BrN3O4S/c9-6-3-7(5-11-4-6)17(14,15)12-1-2-16-8(10)13/h3-5,12H,1-2H2,(H2,10,13). The molecule has 3 N–H and O–H groups in total. The van der Waals surface area contributed by atoms with Gasteiger partial charge < -0.3 is 10.5 Å². The number of nitrogens with two attached hydrogens (primary N) is 1. The number of carbonyl (C=O) groups excluding carboxylic acids is 1. The SMILES string of the molecule is NC(=O)OCCNS(=O)(=O)c1cncc(Br)c1. The average Bonchev–Trinajstić information content (AvgIpc) is 2.24. The zero-order valence-corrected chi connectivity index (χ0v) is 11.0. The molecule has 9 heteroatoms. The van der Waals surface area contributed by atoms with E-state index in [0.29, 0.717) is 4.47 Å². The Morgan fingerprint density at radius 2 is 2.24 bits per heavy atom. The van der Waals surface area contributed by atoms with E-state index in [1.807, 2.05) is 0 Å². The van der Waals surface area contributed by atoms with E-state index >= 15 is 0 Å². The molecular weight excluding hydrogens is 314 g/mol. The van der Waals surface area contributed by atoms with Crippen molar-refractivity contribution in [2.24, 2.45) is 5.73 Å². The van der Waals surface area contributed by atoms with Gasteiger partial charge in [-0.2, -0.15) is 0 Å². The van der Waals surface area contributed by atoms with Gasteiger partial charge >= 0.3 is 6.09 Å². The Bertz CT molecular complexity index is 505. The number of amides is 1. The van der Waals surface area contributed by atoms with E-state index in [4.69, 9.17) is 5.73 Å². The second kappa shape index (κ2) is 5.94. The highest BCUT2D eigenvalue weighted by molar-refractivity contribution is 9.10. The van der Waals surface area contributed by atoms with E-state index in [-0.39, 0.29) is 18.0 Å². The molecule has 1 aromatic heterocycles. The van der Waals surface area contributed by atoms with Crippen LogP contribution in [0.5, 0.6) is 0 Å². The predicted octanol–water partition coefficient (Wildman–Crippen LogP) is 0.218. The Morgan fingerprint density at radius 1 is 1.53 bits per heavy atom. The molecule has 0 fully saturated rings. The van der Waals surface area contributed by atoms with Gasteiger partial charge in [0.05, 0.1) is 0 Å². The van der Waals surface area contributed by atoms with Crippen molar-refractivity contribution in [1.82, 2.24) is 9.71 Å². The van der Waals surface area contributed by atoms with Gasteiger partial charge in [0.1, 0.15) is 11.5 Å². The Labute approximate surface area is 107 Å². The number of primary amides is 1. The van der Waals surface area contributed by atoms with Gasteiger partial charge in [-0.3, -0.25) is 4.98 Å². The van der Waals surface area contributed by atoms with Crippen LogP contribution in [0.15, 0.2) is 27.8 Å². The van der Waals surface area contributed by atoms with Crippen molar-refractivity contribution in [2.45, 2.75) is 4.90 Å². The number of rotatable bonds is 5. The van der Waals surface area contributed by atoms with Gasteiger partial charge in [-0.15, -0.1) is 0 Å². The molecule has 0 spiro atoms. The van der Waals surface area contributed by atoms with Crippen molar-refractivity contribution in [3.8, 4) is 0 Å². The van der Waals surface area contributed by atoms with E-state index in [1.54, 1.807) is 0 Å². The summed E-state index contributed by atoms with van der Waals surface area (Å²) < 4.78 is 30.5. The van der Waals surface area contributed by atoms with Crippen LogP contribution in [0.2, 0.25) is 0 Å². The largest absolute Gasteiger partial charge is 0.448 e. The summed E-state index contributed by atoms with van der Waals surface area (Å²) >= 11 is 3.11. The quantitative estimate of drug-likeness (QED) is 0.753. The summed E-state index contributed by atoms with van der Waals surface area (Å²) in [6, 6.07) is 1.41. The molecule has 94 valence electrons.